The molecule has 1 aliphatic rings. The molecule has 3 nitrogen and oxygen atoms in total. The second-order valence-corrected chi connectivity index (χ2v) is 5.61. The summed E-state index contributed by atoms with van der Waals surface area (Å²) in [7, 11) is 0. The van der Waals surface area contributed by atoms with E-state index in [0.29, 0.717) is 6.61 Å². The molecule has 0 heterocycles. The van der Waals surface area contributed by atoms with E-state index in [1.165, 1.54) is 12.8 Å². The lowest BCUT2D eigenvalue weighted by Gasteiger charge is -2.50. The van der Waals surface area contributed by atoms with Crippen LogP contribution in [-0.4, -0.2) is 30.3 Å². The van der Waals surface area contributed by atoms with E-state index in [1.54, 1.807) is 0 Å². The summed E-state index contributed by atoms with van der Waals surface area (Å²) in [5.41, 5.74) is 6.10. The Morgan fingerprint density at radius 1 is 1.31 bits per heavy atom. The average Bonchev–Trinajstić information content (AvgIpc) is 2.20. The molecule has 0 saturated heterocycles. The maximum atomic E-state index is 8.68. The number of aliphatic hydroxyl groups excluding tert-OH is 1. The Morgan fingerprint density at radius 2 is 2.00 bits per heavy atom. The second kappa shape index (κ2) is 6.58. The smallest absolute Gasteiger partial charge is 0.0431 e. The Balaban J connectivity index is 2.14. The zero-order valence-electron chi connectivity index (χ0n) is 10.8. The van der Waals surface area contributed by atoms with E-state index in [4.69, 9.17) is 10.8 Å². The van der Waals surface area contributed by atoms with Gasteiger partial charge in [0.1, 0.15) is 0 Å². The molecule has 0 amide bonds. The first-order chi connectivity index (χ1) is 7.63. The molecule has 16 heavy (non-hydrogen) atoms. The van der Waals surface area contributed by atoms with Crippen molar-refractivity contribution in [1.82, 2.24) is 5.32 Å². The molecule has 4 N–H and O–H groups in total. The maximum absolute atomic E-state index is 8.68. The molecule has 3 heteroatoms. The average molecular weight is 228 g/mol. The quantitative estimate of drug-likeness (QED) is 0.552. The van der Waals surface area contributed by atoms with E-state index in [1.807, 2.05) is 0 Å². The Hall–Kier alpha value is -0.120. The van der Waals surface area contributed by atoms with Crippen molar-refractivity contribution in [2.45, 2.75) is 51.5 Å². The summed E-state index contributed by atoms with van der Waals surface area (Å²) in [5.74, 6) is 1.64. The van der Waals surface area contributed by atoms with Gasteiger partial charge >= 0.3 is 0 Å². The molecule has 0 aromatic rings. The third-order valence-corrected chi connectivity index (χ3v) is 3.97. The Kier molecular flexibility index (Phi) is 5.73. The topological polar surface area (TPSA) is 58.3 Å². The first-order valence-electron chi connectivity index (χ1n) is 6.69. The van der Waals surface area contributed by atoms with Crippen LogP contribution in [0.4, 0.5) is 0 Å². The van der Waals surface area contributed by atoms with Gasteiger partial charge in [0.05, 0.1) is 0 Å². The summed E-state index contributed by atoms with van der Waals surface area (Å²) in [4.78, 5) is 0. The highest BCUT2D eigenvalue weighted by molar-refractivity contribution is 5.02. The van der Waals surface area contributed by atoms with Crippen LogP contribution in [-0.2, 0) is 0 Å². The molecule has 1 aliphatic carbocycles. The highest BCUT2D eigenvalue weighted by Crippen LogP contribution is 2.41. The fourth-order valence-electron chi connectivity index (χ4n) is 2.57. The number of nitrogens with one attached hydrogen (secondary N) is 1. The molecule has 1 saturated carbocycles. The van der Waals surface area contributed by atoms with E-state index in [-0.39, 0.29) is 5.54 Å². The Bertz CT molecular complexity index is 188. The number of hydrogen-bond acceptors (Lipinski definition) is 3. The van der Waals surface area contributed by atoms with E-state index < -0.39 is 0 Å². The zero-order chi connectivity index (χ0) is 12.0. The standard InChI is InChI=1S/C13H28N2O/c1-11(2)12-8-13(9-12,10-14)15-6-4-3-5-7-16/h11-12,15-16H,3-10,14H2,1-2H3. The Morgan fingerprint density at radius 3 is 2.50 bits per heavy atom. The SMILES string of the molecule is CC(C)C1CC(CN)(NCCCCCO)C1. The van der Waals surface area contributed by atoms with Crippen molar-refractivity contribution in [3.63, 3.8) is 0 Å². The lowest BCUT2D eigenvalue weighted by molar-refractivity contribution is 0.0766. The molecule has 96 valence electrons. The van der Waals surface area contributed by atoms with Crippen LogP contribution in [0.1, 0.15) is 46.0 Å². The molecule has 0 aromatic carbocycles. The molecule has 0 aliphatic heterocycles. The third kappa shape index (κ3) is 3.72. The molecule has 0 spiro atoms. The fourth-order valence-corrected chi connectivity index (χ4v) is 2.57. The van der Waals surface area contributed by atoms with Crippen molar-refractivity contribution < 1.29 is 5.11 Å². The van der Waals surface area contributed by atoms with Crippen LogP contribution in [0.5, 0.6) is 0 Å². The predicted molar refractivity (Wildman–Crippen MR) is 68.3 cm³/mol. The summed E-state index contributed by atoms with van der Waals surface area (Å²) in [6, 6.07) is 0. The maximum Gasteiger partial charge on any atom is 0.0431 e. The van der Waals surface area contributed by atoms with Gasteiger partial charge in [-0.3, -0.25) is 0 Å². The van der Waals surface area contributed by atoms with Gasteiger partial charge in [-0.2, -0.15) is 0 Å². The lowest BCUT2D eigenvalue weighted by Crippen LogP contribution is -2.61. The van der Waals surface area contributed by atoms with Crippen molar-refractivity contribution in [2.75, 3.05) is 19.7 Å². The monoisotopic (exact) mass is 228 g/mol. The number of rotatable bonds is 8. The molecule has 1 fully saturated rings. The van der Waals surface area contributed by atoms with Crippen LogP contribution in [0.15, 0.2) is 0 Å². The molecule has 1 rings (SSSR count). The molecular weight excluding hydrogens is 200 g/mol. The zero-order valence-corrected chi connectivity index (χ0v) is 10.8. The normalized spacial score (nSPS) is 29.4. The summed E-state index contributed by atoms with van der Waals surface area (Å²) in [6.45, 7) is 6.72. The molecule has 0 unspecified atom stereocenters. The summed E-state index contributed by atoms with van der Waals surface area (Å²) >= 11 is 0. The largest absolute Gasteiger partial charge is 0.396 e. The van der Waals surface area contributed by atoms with Crippen molar-refractivity contribution in [3.8, 4) is 0 Å². The van der Waals surface area contributed by atoms with Crippen LogP contribution in [0.2, 0.25) is 0 Å². The van der Waals surface area contributed by atoms with Crippen LogP contribution >= 0.6 is 0 Å². The predicted octanol–water partition coefficient (Wildman–Crippen LogP) is 1.50. The highest BCUT2D eigenvalue weighted by atomic mass is 16.2. The molecule has 0 radical (unpaired) electrons. The first-order valence-corrected chi connectivity index (χ1v) is 6.69. The highest BCUT2D eigenvalue weighted by Gasteiger charge is 2.43. The van der Waals surface area contributed by atoms with E-state index in [2.05, 4.69) is 19.2 Å². The molecule has 0 bridgehead atoms. The number of unbranched alkanes of at least 4 members (excludes halogenated alkanes) is 2. The van der Waals surface area contributed by atoms with Gasteiger partial charge in [0.15, 0.2) is 0 Å². The fraction of sp³-hybridized carbons (Fsp3) is 1.00. The van der Waals surface area contributed by atoms with Crippen LogP contribution < -0.4 is 11.1 Å². The van der Waals surface area contributed by atoms with Crippen molar-refractivity contribution >= 4 is 0 Å². The van der Waals surface area contributed by atoms with Crippen LogP contribution in [0.25, 0.3) is 0 Å². The number of hydrogen-bond donors (Lipinski definition) is 3. The van der Waals surface area contributed by atoms with E-state index in [9.17, 15) is 0 Å². The minimum atomic E-state index is 0.230. The van der Waals surface area contributed by atoms with Gasteiger partial charge in [-0.1, -0.05) is 13.8 Å². The van der Waals surface area contributed by atoms with Crippen molar-refractivity contribution in [2.24, 2.45) is 17.6 Å². The summed E-state index contributed by atoms with van der Waals surface area (Å²) in [6.07, 6.45) is 5.65. The van der Waals surface area contributed by atoms with Gasteiger partial charge in [0.2, 0.25) is 0 Å². The van der Waals surface area contributed by atoms with E-state index >= 15 is 0 Å². The van der Waals surface area contributed by atoms with Gasteiger partial charge < -0.3 is 16.2 Å². The van der Waals surface area contributed by atoms with Crippen LogP contribution in [0, 0.1) is 11.8 Å². The molecular formula is C13H28N2O. The van der Waals surface area contributed by atoms with Gasteiger partial charge in [0.25, 0.3) is 0 Å². The van der Waals surface area contributed by atoms with Gasteiger partial charge in [-0.05, 0) is 50.5 Å². The first kappa shape index (κ1) is 13.9. The van der Waals surface area contributed by atoms with Gasteiger partial charge in [-0.15, -0.1) is 0 Å². The molecule has 0 atom stereocenters. The third-order valence-electron chi connectivity index (χ3n) is 3.97. The van der Waals surface area contributed by atoms with Crippen molar-refractivity contribution in [3.05, 3.63) is 0 Å². The Labute approximate surface area is 99.8 Å². The van der Waals surface area contributed by atoms with Gasteiger partial charge in [0, 0.05) is 18.7 Å². The number of nitrogens with two attached hydrogens (primary N) is 1. The van der Waals surface area contributed by atoms with E-state index in [0.717, 1.165) is 44.2 Å². The van der Waals surface area contributed by atoms with Gasteiger partial charge in [-0.25, -0.2) is 0 Å². The summed E-state index contributed by atoms with van der Waals surface area (Å²) < 4.78 is 0. The lowest BCUT2D eigenvalue weighted by atomic mass is 9.64. The number of aliphatic hydroxyl groups is 1. The molecule has 0 aromatic heterocycles. The van der Waals surface area contributed by atoms with Crippen molar-refractivity contribution in [1.29, 1.82) is 0 Å². The minimum absolute atomic E-state index is 0.230. The van der Waals surface area contributed by atoms with Crippen LogP contribution in [0.3, 0.4) is 0 Å². The minimum Gasteiger partial charge on any atom is -0.396 e. The summed E-state index contributed by atoms with van der Waals surface area (Å²) in [5, 5.41) is 12.3. The second-order valence-electron chi connectivity index (χ2n) is 5.61.